The Morgan fingerprint density at radius 1 is 1.29 bits per heavy atom. The predicted octanol–water partition coefficient (Wildman–Crippen LogP) is 3.63. The molecule has 4 N–H and O–H groups in total. The normalized spacial score (nSPS) is 19.9. The van der Waals surface area contributed by atoms with Crippen molar-refractivity contribution in [3.8, 4) is 17.0 Å². The Hall–Kier alpha value is -3.66. The number of likely N-dealkylation sites (tertiary alicyclic amines) is 1. The second-order valence-electron chi connectivity index (χ2n) is 8.96. The molecule has 2 atom stereocenters. The van der Waals surface area contributed by atoms with Crippen LogP contribution in [0, 0.1) is 18.7 Å². The van der Waals surface area contributed by atoms with Crippen LogP contribution in [0.25, 0.3) is 21.9 Å². The SMILES string of the molecule is Cc1c(-c2cc3cc(NC(=O)O[C@H]4CN(C)C[C@@H]4C)ncc3c(N)c2F)cnc2c1NCCO2. The smallest absolute Gasteiger partial charge is 0.413 e. The van der Waals surface area contributed by atoms with E-state index in [0.717, 1.165) is 17.8 Å². The van der Waals surface area contributed by atoms with Crippen LogP contribution in [-0.4, -0.2) is 60.4 Å². The van der Waals surface area contributed by atoms with E-state index >= 15 is 4.39 Å². The van der Waals surface area contributed by atoms with E-state index in [9.17, 15) is 4.79 Å². The first-order valence-corrected chi connectivity index (χ1v) is 11.2. The fourth-order valence-corrected chi connectivity index (χ4v) is 4.65. The lowest BCUT2D eigenvalue weighted by atomic mass is 9.97. The molecule has 0 spiro atoms. The molecule has 178 valence electrons. The van der Waals surface area contributed by atoms with Crippen LogP contribution in [0.3, 0.4) is 0 Å². The monoisotopic (exact) mass is 466 g/mol. The number of nitrogens with one attached hydrogen (secondary N) is 2. The van der Waals surface area contributed by atoms with Crippen molar-refractivity contribution in [3.63, 3.8) is 0 Å². The van der Waals surface area contributed by atoms with Crippen molar-refractivity contribution in [2.45, 2.75) is 20.0 Å². The number of pyridine rings is 2. The van der Waals surface area contributed by atoms with E-state index in [4.69, 9.17) is 15.2 Å². The molecule has 0 aliphatic carbocycles. The molecular weight excluding hydrogens is 439 g/mol. The summed E-state index contributed by atoms with van der Waals surface area (Å²) in [5.41, 5.74) is 8.60. The lowest BCUT2D eigenvalue weighted by molar-refractivity contribution is 0.0974. The molecule has 1 fully saturated rings. The van der Waals surface area contributed by atoms with Gasteiger partial charge in [-0.15, -0.1) is 0 Å². The molecule has 0 radical (unpaired) electrons. The summed E-state index contributed by atoms with van der Waals surface area (Å²) in [4.78, 5) is 23.1. The van der Waals surface area contributed by atoms with Gasteiger partial charge in [0.05, 0.1) is 5.69 Å². The van der Waals surface area contributed by atoms with Crippen molar-refractivity contribution >= 4 is 34.1 Å². The molecular formula is C24H27FN6O3. The maximum absolute atomic E-state index is 15.3. The molecule has 2 aliphatic rings. The Morgan fingerprint density at radius 3 is 2.88 bits per heavy atom. The average molecular weight is 467 g/mol. The van der Waals surface area contributed by atoms with Gasteiger partial charge in [-0.1, -0.05) is 6.92 Å². The first kappa shape index (κ1) is 22.1. The molecule has 0 saturated carbocycles. The lowest BCUT2D eigenvalue weighted by Crippen LogP contribution is -2.28. The quantitative estimate of drug-likeness (QED) is 0.502. The van der Waals surface area contributed by atoms with Gasteiger partial charge in [0.15, 0.2) is 5.82 Å². The number of nitrogens with zero attached hydrogens (tertiary/aromatic N) is 3. The van der Waals surface area contributed by atoms with Gasteiger partial charge in [-0.05, 0) is 37.1 Å². The minimum Gasteiger partial charge on any atom is -0.474 e. The number of nitrogens with two attached hydrogens (primary N) is 1. The highest BCUT2D eigenvalue weighted by atomic mass is 19.1. The Balaban J connectivity index is 1.46. The van der Waals surface area contributed by atoms with Crippen molar-refractivity contribution in [1.29, 1.82) is 0 Å². The van der Waals surface area contributed by atoms with Gasteiger partial charge in [0, 0.05) is 54.5 Å². The maximum atomic E-state index is 15.3. The summed E-state index contributed by atoms with van der Waals surface area (Å²) in [6.07, 6.45) is 2.28. The Labute approximate surface area is 196 Å². The van der Waals surface area contributed by atoms with E-state index < -0.39 is 11.9 Å². The van der Waals surface area contributed by atoms with Crippen LogP contribution in [0.5, 0.6) is 5.88 Å². The third-order valence-corrected chi connectivity index (χ3v) is 6.45. The van der Waals surface area contributed by atoms with Gasteiger partial charge in [0.1, 0.15) is 24.2 Å². The number of hydrogen-bond donors (Lipinski definition) is 3. The van der Waals surface area contributed by atoms with Gasteiger partial charge in [-0.3, -0.25) is 5.32 Å². The van der Waals surface area contributed by atoms with Crippen molar-refractivity contribution in [2.24, 2.45) is 5.92 Å². The summed E-state index contributed by atoms with van der Waals surface area (Å²) in [7, 11) is 1.99. The zero-order valence-corrected chi connectivity index (χ0v) is 19.3. The van der Waals surface area contributed by atoms with Gasteiger partial charge < -0.3 is 25.4 Å². The van der Waals surface area contributed by atoms with E-state index in [2.05, 4.69) is 25.5 Å². The minimum absolute atomic E-state index is 0.0155. The molecule has 4 heterocycles. The number of carbonyl (C=O) groups excluding carboxylic acids is 1. The number of halogens is 1. The first-order valence-electron chi connectivity index (χ1n) is 11.2. The Morgan fingerprint density at radius 2 is 2.12 bits per heavy atom. The molecule has 1 saturated heterocycles. The topological polar surface area (TPSA) is 115 Å². The van der Waals surface area contributed by atoms with Gasteiger partial charge in [-0.2, -0.15) is 0 Å². The minimum atomic E-state index is -0.574. The number of nitrogen functional groups attached to an aromatic ring is 1. The van der Waals surface area contributed by atoms with Gasteiger partial charge in [-0.25, -0.2) is 19.2 Å². The standard InChI is InChI=1S/C24H27FN6O3/c1-12-10-31(3)11-18(12)34-24(32)30-19-7-14-6-15(20(25)21(26)17(14)9-28-19)16-8-29-23-22(13(16)2)27-4-5-33-23/h6-9,12,18,27H,4-5,10-11,26H2,1-3H3,(H,28,30,32)/t12-,18-/m0/s1. The lowest BCUT2D eigenvalue weighted by Gasteiger charge is -2.22. The first-order chi connectivity index (χ1) is 16.3. The van der Waals surface area contributed by atoms with Crippen molar-refractivity contribution in [1.82, 2.24) is 14.9 Å². The number of amides is 1. The highest BCUT2D eigenvalue weighted by Gasteiger charge is 2.30. The molecule has 0 bridgehead atoms. The van der Waals surface area contributed by atoms with E-state index in [1.807, 2.05) is 20.9 Å². The van der Waals surface area contributed by atoms with Crippen LogP contribution in [0.4, 0.5) is 26.4 Å². The fourth-order valence-electron chi connectivity index (χ4n) is 4.65. The van der Waals surface area contributed by atoms with Crippen LogP contribution in [0.2, 0.25) is 0 Å². The number of hydrogen-bond acceptors (Lipinski definition) is 8. The number of anilines is 3. The number of rotatable bonds is 3. The Bertz CT molecular complexity index is 1280. The predicted molar refractivity (Wildman–Crippen MR) is 129 cm³/mol. The number of fused-ring (bicyclic) bond motifs is 2. The van der Waals surface area contributed by atoms with E-state index in [-0.39, 0.29) is 17.7 Å². The largest absolute Gasteiger partial charge is 0.474 e. The number of benzene rings is 1. The highest BCUT2D eigenvalue weighted by Crippen LogP contribution is 2.39. The molecule has 1 amide bonds. The van der Waals surface area contributed by atoms with Crippen molar-refractivity contribution in [3.05, 3.63) is 35.9 Å². The van der Waals surface area contributed by atoms with E-state index in [1.54, 1.807) is 18.3 Å². The summed E-state index contributed by atoms with van der Waals surface area (Å²) in [5.74, 6) is 0.497. The van der Waals surface area contributed by atoms with Crippen molar-refractivity contribution in [2.75, 3.05) is 49.7 Å². The summed E-state index contributed by atoms with van der Waals surface area (Å²) in [6.45, 7) is 6.67. The summed E-state index contributed by atoms with van der Waals surface area (Å²) < 4.78 is 26.5. The molecule has 2 aliphatic heterocycles. The molecule has 5 rings (SSSR count). The molecule has 10 heteroatoms. The zero-order valence-electron chi connectivity index (χ0n) is 19.3. The second kappa shape index (κ2) is 8.60. The molecule has 0 unspecified atom stereocenters. The second-order valence-corrected chi connectivity index (χ2v) is 8.96. The molecule has 1 aromatic carbocycles. The molecule has 2 aromatic heterocycles. The summed E-state index contributed by atoms with van der Waals surface area (Å²) in [5, 5.41) is 7.03. The number of aromatic nitrogens is 2. The van der Waals surface area contributed by atoms with E-state index in [1.165, 1.54) is 6.20 Å². The maximum Gasteiger partial charge on any atom is 0.413 e. The number of carbonyl (C=O) groups is 1. The molecule has 9 nitrogen and oxygen atoms in total. The molecule has 34 heavy (non-hydrogen) atoms. The number of likely N-dealkylation sites (N-methyl/N-ethyl adjacent to an activating group) is 1. The van der Waals surface area contributed by atoms with Gasteiger partial charge in [0.25, 0.3) is 0 Å². The van der Waals surface area contributed by atoms with Crippen LogP contribution >= 0.6 is 0 Å². The van der Waals surface area contributed by atoms with Crippen LogP contribution in [0.15, 0.2) is 24.5 Å². The highest BCUT2D eigenvalue weighted by molar-refractivity contribution is 5.99. The average Bonchev–Trinajstić information content (AvgIpc) is 3.13. The van der Waals surface area contributed by atoms with Gasteiger partial charge >= 0.3 is 6.09 Å². The van der Waals surface area contributed by atoms with Gasteiger partial charge in [0.2, 0.25) is 5.88 Å². The third kappa shape index (κ3) is 3.94. The fraction of sp³-hybridized carbons (Fsp3) is 0.375. The zero-order chi connectivity index (χ0) is 24.0. The summed E-state index contributed by atoms with van der Waals surface area (Å²) >= 11 is 0. The van der Waals surface area contributed by atoms with Crippen molar-refractivity contribution < 1.29 is 18.7 Å². The van der Waals surface area contributed by atoms with E-state index in [0.29, 0.717) is 53.3 Å². The van der Waals surface area contributed by atoms with Crippen LogP contribution in [-0.2, 0) is 4.74 Å². The third-order valence-electron chi connectivity index (χ3n) is 6.45. The van der Waals surface area contributed by atoms with Crippen LogP contribution < -0.4 is 21.1 Å². The van der Waals surface area contributed by atoms with Crippen LogP contribution in [0.1, 0.15) is 12.5 Å². The summed E-state index contributed by atoms with van der Waals surface area (Å²) in [6, 6.07) is 3.34. The molecule has 3 aromatic rings. The number of ether oxygens (including phenoxy) is 2. The Kier molecular flexibility index (Phi) is 5.60.